The Kier molecular flexibility index (Phi) is 5.17. The lowest BCUT2D eigenvalue weighted by Crippen LogP contribution is -2.38. The third-order valence-electron chi connectivity index (χ3n) is 3.65. The van der Waals surface area contributed by atoms with Crippen LogP contribution >= 0.6 is 0 Å². The molecule has 1 aliphatic heterocycles. The van der Waals surface area contributed by atoms with E-state index in [1.54, 1.807) is 12.3 Å². The van der Waals surface area contributed by atoms with E-state index in [1.165, 1.54) is 12.8 Å². The molecule has 0 radical (unpaired) electrons. The molecule has 1 aromatic rings. The number of hydrogen-bond acceptors (Lipinski definition) is 4. The Morgan fingerprint density at radius 1 is 1.58 bits per heavy atom. The number of nitrogens with one attached hydrogen (secondary N) is 1. The summed E-state index contributed by atoms with van der Waals surface area (Å²) < 4.78 is 0. The summed E-state index contributed by atoms with van der Waals surface area (Å²) >= 11 is 0. The Morgan fingerprint density at radius 3 is 3.16 bits per heavy atom. The molecule has 0 spiro atoms. The van der Waals surface area contributed by atoms with Crippen LogP contribution in [0.2, 0.25) is 0 Å². The van der Waals surface area contributed by atoms with Gasteiger partial charge in [-0.2, -0.15) is 5.26 Å². The van der Waals surface area contributed by atoms with Gasteiger partial charge in [-0.1, -0.05) is 13.3 Å². The highest BCUT2D eigenvalue weighted by molar-refractivity contribution is 5.57. The molecular weight excluding hydrogens is 236 g/mol. The van der Waals surface area contributed by atoms with Crippen molar-refractivity contribution in [3.8, 4) is 6.07 Å². The summed E-state index contributed by atoms with van der Waals surface area (Å²) in [6, 6.07) is 4.62. The van der Waals surface area contributed by atoms with Crippen LogP contribution in [0.15, 0.2) is 18.5 Å². The lowest BCUT2D eigenvalue weighted by Gasteiger charge is -2.28. The van der Waals surface area contributed by atoms with Crippen LogP contribution in [0.5, 0.6) is 0 Å². The highest BCUT2D eigenvalue weighted by Gasteiger charge is 2.19. The summed E-state index contributed by atoms with van der Waals surface area (Å²) in [7, 11) is 0. The fraction of sp³-hybridized carbons (Fsp3) is 0.600. The number of rotatable bonds is 6. The lowest BCUT2D eigenvalue weighted by molar-refractivity contribution is 0.571. The smallest absolute Gasteiger partial charge is 0.101 e. The second-order valence-corrected chi connectivity index (χ2v) is 5.10. The first-order valence-electron chi connectivity index (χ1n) is 7.17. The molecule has 2 rings (SSSR count). The molecule has 102 valence electrons. The molecule has 1 unspecified atom stereocenters. The van der Waals surface area contributed by atoms with Crippen LogP contribution < -0.4 is 10.2 Å². The minimum absolute atomic E-state index is 0.545. The maximum absolute atomic E-state index is 9.23. The Bertz CT molecular complexity index is 432. The third kappa shape index (κ3) is 3.68. The van der Waals surface area contributed by atoms with Crippen molar-refractivity contribution in [3.63, 3.8) is 0 Å². The number of aromatic nitrogens is 1. The Hall–Kier alpha value is -1.60. The molecule has 1 saturated heterocycles. The van der Waals surface area contributed by atoms with Crippen LogP contribution in [0.4, 0.5) is 5.69 Å². The van der Waals surface area contributed by atoms with Gasteiger partial charge in [0.2, 0.25) is 0 Å². The number of anilines is 1. The average molecular weight is 258 g/mol. The molecular formula is C15H22N4. The van der Waals surface area contributed by atoms with Crippen molar-refractivity contribution >= 4 is 5.69 Å². The molecule has 4 heteroatoms. The van der Waals surface area contributed by atoms with Gasteiger partial charge in [0.05, 0.1) is 17.4 Å². The van der Waals surface area contributed by atoms with Crippen molar-refractivity contribution in [1.82, 2.24) is 10.3 Å². The van der Waals surface area contributed by atoms with Crippen LogP contribution in [-0.4, -0.2) is 30.7 Å². The van der Waals surface area contributed by atoms with E-state index in [4.69, 9.17) is 0 Å². The number of hydrogen-bond donors (Lipinski definition) is 1. The van der Waals surface area contributed by atoms with Gasteiger partial charge >= 0.3 is 0 Å². The predicted molar refractivity (Wildman–Crippen MR) is 77.1 cm³/mol. The topological polar surface area (TPSA) is 52.0 Å². The highest BCUT2D eigenvalue weighted by atomic mass is 15.2. The van der Waals surface area contributed by atoms with Crippen LogP contribution in [0.3, 0.4) is 0 Å². The number of pyridine rings is 1. The van der Waals surface area contributed by atoms with E-state index in [9.17, 15) is 5.26 Å². The summed E-state index contributed by atoms with van der Waals surface area (Å²) in [6.45, 7) is 5.28. The normalized spacial score (nSPS) is 18.2. The number of nitriles is 1. The van der Waals surface area contributed by atoms with E-state index in [0.717, 1.165) is 43.7 Å². The predicted octanol–water partition coefficient (Wildman–Crippen LogP) is 2.31. The van der Waals surface area contributed by atoms with Crippen LogP contribution in [-0.2, 0) is 0 Å². The van der Waals surface area contributed by atoms with Crippen molar-refractivity contribution in [2.75, 3.05) is 24.5 Å². The fourth-order valence-electron chi connectivity index (χ4n) is 2.57. The summed E-state index contributed by atoms with van der Waals surface area (Å²) in [5.74, 6) is 0. The molecule has 0 aromatic carbocycles. The third-order valence-corrected chi connectivity index (χ3v) is 3.65. The SMILES string of the molecule is CCCCN(CC1CCCN1)c1cnccc1C#N. The molecule has 1 fully saturated rings. The summed E-state index contributed by atoms with van der Waals surface area (Å²) in [6.07, 6.45) is 8.30. The lowest BCUT2D eigenvalue weighted by atomic mass is 10.1. The second-order valence-electron chi connectivity index (χ2n) is 5.10. The van der Waals surface area contributed by atoms with Crippen LogP contribution in [0, 0.1) is 11.3 Å². The van der Waals surface area contributed by atoms with Gasteiger partial charge in [0.1, 0.15) is 6.07 Å². The fourth-order valence-corrected chi connectivity index (χ4v) is 2.57. The number of unbranched alkanes of at least 4 members (excludes halogenated alkanes) is 1. The van der Waals surface area contributed by atoms with Gasteiger partial charge in [-0.3, -0.25) is 4.98 Å². The maximum atomic E-state index is 9.23. The summed E-state index contributed by atoms with van der Waals surface area (Å²) in [5, 5.41) is 12.8. The van der Waals surface area contributed by atoms with Gasteiger partial charge in [0, 0.05) is 25.3 Å². The van der Waals surface area contributed by atoms with Gasteiger partial charge in [-0.25, -0.2) is 0 Å². The average Bonchev–Trinajstić information content (AvgIpc) is 2.96. The van der Waals surface area contributed by atoms with Gasteiger partial charge in [-0.05, 0) is 31.9 Å². The van der Waals surface area contributed by atoms with E-state index in [1.807, 2.05) is 6.20 Å². The first kappa shape index (κ1) is 13.8. The quantitative estimate of drug-likeness (QED) is 0.850. The molecule has 1 N–H and O–H groups in total. The minimum atomic E-state index is 0.545. The zero-order chi connectivity index (χ0) is 13.5. The molecule has 0 saturated carbocycles. The largest absolute Gasteiger partial charge is 0.368 e. The zero-order valence-corrected chi connectivity index (χ0v) is 11.6. The van der Waals surface area contributed by atoms with Crippen molar-refractivity contribution < 1.29 is 0 Å². The van der Waals surface area contributed by atoms with E-state index in [-0.39, 0.29) is 0 Å². The molecule has 0 aliphatic carbocycles. The Labute approximate surface area is 115 Å². The standard InChI is InChI=1S/C15H22N4/c1-2-3-9-19(12-14-5-4-7-18-14)15-11-17-8-6-13(15)10-16/h6,8,11,14,18H,2-5,7,9,12H2,1H3. The molecule has 1 aliphatic rings. The van der Waals surface area contributed by atoms with Crippen LogP contribution in [0.1, 0.15) is 38.2 Å². The Morgan fingerprint density at radius 2 is 2.47 bits per heavy atom. The molecule has 19 heavy (non-hydrogen) atoms. The molecule has 4 nitrogen and oxygen atoms in total. The first-order valence-corrected chi connectivity index (χ1v) is 7.17. The number of nitrogens with zero attached hydrogens (tertiary/aromatic N) is 3. The summed E-state index contributed by atoms with van der Waals surface area (Å²) in [5.41, 5.74) is 1.70. The highest BCUT2D eigenvalue weighted by Crippen LogP contribution is 2.20. The first-order chi connectivity index (χ1) is 9.35. The monoisotopic (exact) mass is 258 g/mol. The van der Waals surface area contributed by atoms with E-state index < -0.39 is 0 Å². The molecule has 0 bridgehead atoms. The van der Waals surface area contributed by atoms with Crippen molar-refractivity contribution in [2.45, 2.75) is 38.6 Å². The molecule has 0 amide bonds. The van der Waals surface area contributed by atoms with Gasteiger partial charge in [0.15, 0.2) is 0 Å². The van der Waals surface area contributed by atoms with Crippen molar-refractivity contribution in [2.24, 2.45) is 0 Å². The second kappa shape index (κ2) is 7.10. The Balaban J connectivity index is 2.13. The van der Waals surface area contributed by atoms with E-state index in [0.29, 0.717) is 6.04 Å². The minimum Gasteiger partial charge on any atom is -0.368 e. The maximum Gasteiger partial charge on any atom is 0.101 e. The van der Waals surface area contributed by atoms with E-state index >= 15 is 0 Å². The molecule has 2 heterocycles. The van der Waals surface area contributed by atoms with Crippen molar-refractivity contribution in [3.05, 3.63) is 24.0 Å². The van der Waals surface area contributed by atoms with Crippen molar-refractivity contribution in [1.29, 1.82) is 5.26 Å². The van der Waals surface area contributed by atoms with Crippen LogP contribution in [0.25, 0.3) is 0 Å². The van der Waals surface area contributed by atoms with Gasteiger partial charge < -0.3 is 10.2 Å². The van der Waals surface area contributed by atoms with Gasteiger partial charge in [0.25, 0.3) is 0 Å². The van der Waals surface area contributed by atoms with Gasteiger partial charge in [-0.15, -0.1) is 0 Å². The molecule has 1 aromatic heterocycles. The summed E-state index contributed by atoms with van der Waals surface area (Å²) in [4.78, 5) is 6.50. The molecule has 1 atom stereocenters. The van der Waals surface area contributed by atoms with E-state index in [2.05, 4.69) is 28.2 Å². The zero-order valence-electron chi connectivity index (χ0n) is 11.6.